The Kier molecular flexibility index (Phi) is 4.53. The Morgan fingerprint density at radius 1 is 0.500 bits per heavy atom. The Hall–Kier alpha value is -3.00. The highest BCUT2D eigenvalue weighted by molar-refractivity contribution is 5.78. The Labute approximate surface area is 130 Å². The minimum Gasteiger partial charge on any atom is -0.257 e. The first-order chi connectivity index (χ1) is 10.9. The van der Waals surface area contributed by atoms with Crippen LogP contribution in [0.2, 0.25) is 0 Å². The maximum Gasteiger partial charge on any atom is 0.0629 e. The molecule has 0 aliphatic carbocycles. The topological polar surface area (TPSA) is 25.8 Å². The van der Waals surface area contributed by atoms with Gasteiger partial charge in [-0.3, -0.25) is 9.97 Å². The normalized spacial score (nSPS) is 11.3. The molecule has 2 nitrogen and oxygen atoms in total. The van der Waals surface area contributed by atoms with Gasteiger partial charge < -0.3 is 0 Å². The lowest BCUT2D eigenvalue weighted by Crippen LogP contribution is -1.82. The van der Waals surface area contributed by atoms with Crippen molar-refractivity contribution in [2.24, 2.45) is 0 Å². The molecule has 3 rings (SSSR count). The summed E-state index contributed by atoms with van der Waals surface area (Å²) < 4.78 is 0. The van der Waals surface area contributed by atoms with Gasteiger partial charge in [0.05, 0.1) is 11.4 Å². The average Bonchev–Trinajstić information content (AvgIpc) is 2.61. The standard InChI is InChI=1S/C20H16N2/c1-2-8-18(12-14-20-10-4-6-16-22-20)17(7-1)11-13-19-9-3-5-15-21-19/h1-16H. The van der Waals surface area contributed by atoms with Crippen molar-refractivity contribution >= 4 is 24.3 Å². The molecular formula is C20H16N2. The van der Waals surface area contributed by atoms with Gasteiger partial charge in [-0.05, 0) is 47.5 Å². The maximum absolute atomic E-state index is 4.30. The Bertz CT molecular complexity index is 707. The number of hydrogen-bond donors (Lipinski definition) is 0. The first kappa shape index (κ1) is 14.0. The summed E-state index contributed by atoms with van der Waals surface area (Å²) in [7, 11) is 0. The molecule has 0 amide bonds. The van der Waals surface area contributed by atoms with E-state index in [9.17, 15) is 0 Å². The molecule has 22 heavy (non-hydrogen) atoms. The molecule has 0 atom stereocenters. The van der Waals surface area contributed by atoms with Crippen molar-refractivity contribution in [3.63, 3.8) is 0 Å². The zero-order valence-electron chi connectivity index (χ0n) is 12.1. The predicted octanol–water partition coefficient (Wildman–Crippen LogP) is 4.82. The van der Waals surface area contributed by atoms with Crippen LogP contribution in [0.3, 0.4) is 0 Å². The third kappa shape index (κ3) is 3.76. The summed E-state index contributed by atoms with van der Waals surface area (Å²) in [4.78, 5) is 8.60. The van der Waals surface area contributed by atoms with Gasteiger partial charge in [0.15, 0.2) is 0 Å². The van der Waals surface area contributed by atoms with Crippen LogP contribution < -0.4 is 0 Å². The van der Waals surface area contributed by atoms with Crippen molar-refractivity contribution in [3.05, 3.63) is 95.6 Å². The van der Waals surface area contributed by atoms with Gasteiger partial charge in [0.1, 0.15) is 0 Å². The molecule has 0 saturated carbocycles. The van der Waals surface area contributed by atoms with Gasteiger partial charge in [0.2, 0.25) is 0 Å². The van der Waals surface area contributed by atoms with E-state index in [1.165, 1.54) is 0 Å². The SMILES string of the molecule is C(=Cc1ccccc1C=Cc1ccccn1)c1ccccn1. The quantitative estimate of drug-likeness (QED) is 0.686. The van der Waals surface area contributed by atoms with E-state index in [1.54, 1.807) is 12.4 Å². The predicted molar refractivity (Wildman–Crippen MR) is 92.8 cm³/mol. The second-order valence-electron chi connectivity index (χ2n) is 4.80. The van der Waals surface area contributed by atoms with E-state index in [2.05, 4.69) is 34.3 Å². The van der Waals surface area contributed by atoms with Crippen LogP contribution in [0.4, 0.5) is 0 Å². The van der Waals surface area contributed by atoms with E-state index in [4.69, 9.17) is 0 Å². The van der Waals surface area contributed by atoms with Crippen molar-refractivity contribution < 1.29 is 0 Å². The summed E-state index contributed by atoms with van der Waals surface area (Å²) in [5.74, 6) is 0. The summed E-state index contributed by atoms with van der Waals surface area (Å²) in [5, 5.41) is 0. The molecule has 0 aliphatic heterocycles. The molecule has 0 bridgehead atoms. The fourth-order valence-electron chi connectivity index (χ4n) is 2.11. The van der Waals surface area contributed by atoms with E-state index < -0.39 is 0 Å². The van der Waals surface area contributed by atoms with Crippen LogP contribution in [0.1, 0.15) is 22.5 Å². The molecule has 3 aromatic rings. The zero-order chi connectivity index (χ0) is 15.0. The number of aromatic nitrogens is 2. The van der Waals surface area contributed by atoms with Crippen molar-refractivity contribution in [2.75, 3.05) is 0 Å². The molecule has 106 valence electrons. The lowest BCUT2D eigenvalue weighted by molar-refractivity contribution is 1.30. The molecule has 2 heterocycles. The maximum atomic E-state index is 4.30. The summed E-state index contributed by atoms with van der Waals surface area (Å²) in [6, 6.07) is 20.0. The van der Waals surface area contributed by atoms with Crippen LogP contribution in [0.15, 0.2) is 73.1 Å². The van der Waals surface area contributed by atoms with Crippen LogP contribution in [-0.4, -0.2) is 9.97 Å². The second kappa shape index (κ2) is 7.14. The summed E-state index contributed by atoms with van der Waals surface area (Å²) >= 11 is 0. The highest BCUT2D eigenvalue weighted by atomic mass is 14.7. The Morgan fingerprint density at radius 2 is 0.955 bits per heavy atom. The summed E-state index contributed by atoms with van der Waals surface area (Å²) in [5.41, 5.74) is 4.21. The first-order valence-electron chi connectivity index (χ1n) is 7.19. The molecule has 2 heteroatoms. The van der Waals surface area contributed by atoms with Gasteiger partial charge in [-0.1, -0.05) is 48.6 Å². The molecule has 0 N–H and O–H groups in total. The van der Waals surface area contributed by atoms with E-state index in [1.807, 2.05) is 60.7 Å². The third-order valence-electron chi connectivity index (χ3n) is 3.24. The molecule has 0 aliphatic rings. The Balaban J connectivity index is 1.84. The number of hydrogen-bond acceptors (Lipinski definition) is 2. The number of pyridine rings is 2. The number of rotatable bonds is 4. The van der Waals surface area contributed by atoms with Gasteiger partial charge in [0, 0.05) is 12.4 Å². The van der Waals surface area contributed by atoms with Gasteiger partial charge in [-0.25, -0.2) is 0 Å². The minimum absolute atomic E-state index is 0.950. The van der Waals surface area contributed by atoms with Crippen LogP contribution in [0.25, 0.3) is 24.3 Å². The molecule has 0 saturated heterocycles. The summed E-state index contributed by atoms with van der Waals surface area (Å²) in [6.45, 7) is 0. The zero-order valence-corrected chi connectivity index (χ0v) is 12.1. The van der Waals surface area contributed by atoms with Gasteiger partial charge in [0.25, 0.3) is 0 Å². The summed E-state index contributed by atoms with van der Waals surface area (Å²) in [6.07, 6.45) is 11.8. The fraction of sp³-hybridized carbons (Fsp3) is 0. The highest BCUT2D eigenvalue weighted by Gasteiger charge is 1.95. The van der Waals surface area contributed by atoms with Crippen LogP contribution in [0, 0.1) is 0 Å². The van der Waals surface area contributed by atoms with Gasteiger partial charge >= 0.3 is 0 Å². The van der Waals surface area contributed by atoms with Crippen LogP contribution >= 0.6 is 0 Å². The van der Waals surface area contributed by atoms with Gasteiger partial charge in [-0.15, -0.1) is 0 Å². The van der Waals surface area contributed by atoms with E-state index in [-0.39, 0.29) is 0 Å². The smallest absolute Gasteiger partial charge is 0.0629 e. The largest absolute Gasteiger partial charge is 0.257 e. The molecule has 0 unspecified atom stereocenters. The molecule has 0 fully saturated rings. The average molecular weight is 284 g/mol. The van der Waals surface area contributed by atoms with Gasteiger partial charge in [-0.2, -0.15) is 0 Å². The molecule has 2 aromatic heterocycles. The molecule has 0 radical (unpaired) electrons. The number of nitrogens with zero attached hydrogens (tertiary/aromatic N) is 2. The van der Waals surface area contributed by atoms with Crippen LogP contribution in [0.5, 0.6) is 0 Å². The molecular weight excluding hydrogens is 268 g/mol. The second-order valence-corrected chi connectivity index (χ2v) is 4.80. The molecule has 0 spiro atoms. The highest BCUT2D eigenvalue weighted by Crippen LogP contribution is 2.15. The third-order valence-corrected chi connectivity index (χ3v) is 3.24. The monoisotopic (exact) mass is 284 g/mol. The van der Waals surface area contributed by atoms with E-state index in [0.29, 0.717) is 0 Å². The van der Waals surface area contributed by atoms with E-state index >= 15 is 0 Å². The Morgan fingerprint density at radius 3 is 1.36 bits per heavy atom. The number of benzene rings is 1. The first-order valence-corrected chi connectivity index (χ1v) is 7.19. The lowest BCUT2D eigenvalue weighted by Gasteiger charge is -2.00. The van der Waals surface area contributed by atoms with Crippen LogP contribution in [-0.2, 0) is 0 Å². The van der Waals surface area contributed by atoms with E-state index in [0.717, 1.165) is 22.5 Å². The fourth-order valence-corrected chi connectivity index (χ4v) is 2.11. The molecule has 1 aromatic carbocycles. The minimum atomic E-state index is 0.950. The van der Waals surface area contributed by atoms with Crippen molar-refractivity contribution in [2.45, 2.75) is 0 Å². The van der Waals surface area contributed by atoms with Crippen molar-refractivity contribution in [1.82, 2.24) is 9.97 Å². The van der Waals surface area contributed by atoms with Crippen molar-refractivity contribution in [3.8, 4) is 0 Å². The van der Waals surface area contributed by atoms with Crippen molar-refractivity contribution in [1.29, 1.82) is 0 Å². The lowest BCUT2D eigenvalue weighted by atomic mass is 10.1.